The lowest BCUT2D eigenvalue weighted by Crippen LogP contribution is -2.15. The number of aryl methyl sites for hydroxylation is 1. The molecule has 0 radical (unpaired) electrons. The fourth-order valence-electron chi connectivity index (χ4n) is 1.56. The van der Waals surface area contributed by atoms with Crippen molar-refractivity contribution in [3.05, 3.63) is 21.9 Å². The van der Waals surface area contributed by atoms with Crippen molar-refractivity contribution < 1.29 is 0 Å². The normalized spacial score (nSPS) is 13.2. The van der Waals surface area contributed by atoms with Gasteiger partial charge in [-0.2, -0.15) is 0 Å². The van der Waals surface area contributed by atoms with Crippen LogP contribution < -0.4 is 5.32 Å². The third-order valence-corrected chi connectivity index (χ3v) is 3.55. The van der Waals surface area contributed by atoms with Crippen molar-refractivity contribution in [3.63, 3.8) is 0 Å². The Bertz CT molecular complexity index is 242. The van der Waals surface area contributed by atoms with Gasteiger partial charge in [-0.25, -0.2) is 0 Å². The monoisotopic (exact) mass is 197 g/mol. The molecular formula is C11H19NS. The van der Waals surface area contributed by atoms with Gasteiger partial charge in [0.1, 0.15) is 0 Å². The second kappa shape index (κ2) is 5.40. The molecule has 1 heterocycles. The Morgan fingerprint density at radius 3 is 2.77 bits per heavy atom. The van der Waals surface area contributed by atoms with E-state index < -0.39 is 0 Å². The van der Waals surface area contributed by atoms with Crippen LogP contribution in [0.5, 0.6) is 0 Å². The highest BCUT2D eigenvalue weighted by Gasteiger charge is 2.11. The van der Waals surface area contributed by atoms with Crippen molar-refractivity contribution in [1.82, 2.24) is 5.32 Å². The lowest BCUT2D eigenvalue weighted by atomic mass is 10.1. The molecule has 0 saturated carbocycles. The third kappa shape index (κ3) is 2.82. The Labute approximate surface area is 85.2 Å². The van der Waals surface area contributed by atoms with Crippen LogP contribution in [-0.4, -0.2) is 7.05 Å². The second-order valence-electron chi connectivity index (χ2n) is 3.45. The number of hydrogen-bond donors (Lipinski definition) is 1. The van der Waals surface area contributed by atoms with Crippen LogP contribution >= 0.6 is 11.3 Å². The van der Waals surface area contributed by atoms with E-state index in [2.05, 4.69) is 37.7 Å². The van der Waals surface area contributed by atoms with Crippen LogP contribution in [-0.2, 0) is 0 Å². The average molecular weight is 197 g/mol. The molecule has 1 nitrogen and oxygen atoms in total. The van der Waals surface area contributed by atoms with Gasteiger partial charge in [-0.15, -0.1) is 11.3 Å². The summed E-state index contributed by atoms with van der Waals surface area (Å²) in [5.74, 6) is 0. The minimum absolute atomic E-state index is 0.569. The first-order chi connectivity index (χ1) is 6.29. The van der Waals surface area contributed by atoms with E-state index in [-0.39, 0.29) is 0 Å². The second-order valence-corrected chi connectivity index (χ2v) is 4.40. The van der Waals surface area contributed by atoms with Gasteiger partial charge in [-0.3, -0.25) is 0 Å². The number of hydrogen-bond acceptors (Lipinski definition) is 2. The van der Waals surface area contributed by atoms with Gasteiger partial charge < -0.3 is 5.32 Å². The summed E-state index contributed by atoms with van der Waals surface area (Å²) in [4.78, 5) is 1.51. The molecule has 74 valence electrons. The van der Waals surface area contributed by atoms with Crippen LogP contribution in [0.2, 0.25) is 0 Å². The largest absolute Gasteiger partial charge is 0.312 e. The molecule has 1 N–H and O–H groups in total. The van der Waals surface area contributed by atoms with Gasteiger partial charge in [0.2, 0.25) is 0 Å². The fourth-order valence-corrected chi connectivity index (χ4v) is 2.63. The molecular weight excluding hydrogens is 178 g/mol. The molecule has 0 aromatic carbocycles. The number of unbranched alkanes of at least 4 members (excludes halogenated alkanes) is 1. The molecule has 0 bridgehead atoms. The molecule has 0 fully saturated rings. The predicted octanol–water partition coefficient (Wildman–Crippen LogP) is 3.51. The van der Waals surface area contributed by atoms with E-state index in [1.807, 2.05) is 11.3 Å². The molecule has 2 heteroatoms. The zero-order valence-corrected chi connectivity index (χ0v) is 9.58. The Balaban J connectivity index is 2.61. The molecule has 0 aliphatic carbocycles. The van der Waals surface area contributed by atoms with Crippen LogP contribution in [0.1, 0.15) is 42.7 Å². The SMILES string of the molecule is CCCCC(NC)c1sccc1C. The summed E-state index contributed by atoms with van der Waals surface area (Å²) in [6, 6.07) is 2.77. The Hall–Kier alpha value is -0.340. The molecule has 1 rings (SSSR count). The molecule has 1 unspecified atom stereocenters. The molecule has 0 aliphatic heterocycles. The molecule has 0 amide bonds. The van der Waals surface area contributed by atoms with Crippen molar-refractivity contribution in [2.24, 2.45) is 0 Å². The lowest BCUT2D eigenvalue weighted by molar-refractivity contribution is 0.528. The first kappa shape index (κ1) is 10.7. The molecule has 13 heavy (non-hydrogen) atoms. The van der Waals surface area contributed by atoms with E-state index in [4.69, 9.17) is 0 Å². The number of nitrogens with one attached hydrogen (secondary N) is 1. The summed E-state index contributed by atoms with van der Waals surface area (Å²) in [6.45, 7) is 4.44. The van der Waals surface area contributed by atoms with Crippen molar-refractivity contribution in [1.29, 1.82) is 0 Å². The molecule has 0 aliphatic rings. The minimum atomic E-state index is 0.569. The van der Waals surface area contributed by atoms with Crippen molar-refractivity contribution in [2.45, 2.75) is 39.2 Å². The highest BCUT2D eigenvalue weighted by molar-refractivity contribution is 7.10. The van der Waals surface area contributed by atoms with E-state index in [1.165, 1.54) is 29.7 Å². The zero-order valence-electron chi connectivity index (χ0n) is 8.76. The molecule has 1 atom stereocenters. The maximum Gasteiger partial charge on any atom is 0.0415 e. The highest BCUT2D eigenvalue weighted by atomic mass is 32.1. The first-order valence-electron chi connectivity index (χ1n) is 5.00. The van der Waals surface area contributed by atoms with Crippen molar-refractivity contribution >= 4 is 11.3 Å². The van der Waals surface area contributed by atoms with E-state index in [0.717, 1.165) is 0 Å². The quantitative estimate of drug-likeness (QED) is 0.761. The topological polar surface area (TPSA) is 12.0 Å². The fraction of sp³-hybridized carbons (Fsp3) is 0.636. The smallest absolute Gasteiger partial charge is 0.0415 e. The van der Waals surface area contributed by atoms with Gasteiger partial charge in [0.25, 0.3) is 0 Å². The summed E-state index contributed by atoms with van der Waals surface area (Å²) in [6.07, 6.45) is 3.85. The summed E-state index contributed by atoms with van der Waals surface area (Å²) in [7, 11) is 2.06. The van der Waals surface area contributed by atoms with Crippen molar-refractivity contribution in [3.8, 4) is 0 Å². The van der Waals surface area contributed by atoms with Crippen molar-refractivity contribution in [2.75, 3.05) is 7.05 Å². The van der Waals surface area contributed by atoms with Crippen LogP contribution in [0, 0.1) is 6.92 Å². The van der Waals surface area contributed by atoms with E-state index in [1.54, 1.807) is 0 Å². The predicted molar refractivity (Wildman–Crippen MR) is 60.4 cm³/mol. The van der Waals surface area contributed by atoms with Gasteiger partial charge in [0, 0.05) is 10.9 Å². The van der Waals surface area contributed by atoms with E-state index in [0.29, 0.717) is 6.04 Å². The van der Waals surface area contributed by atoms with E-state index >= 15 is 0 Å². The van der Waals surface area contributed by atoms with Crippen LogP contribution in [0.25, 0.3) is 0 Å². The summed E-state index contributed by atoms with van der Waals surface area (Å²) < 4.78 is 0. The van der Waals surface area contributed by atoms with Gasteiger partial charge in [-0.05, 0) is 37.4 Å². The number of thiophene rings is 1. The summed E-state index contributed by atoms with van der Waals surface area (Å²) >= 11 is 1.87. The standard InChI is InChI=1S/C11H19NS/c1-4-5-6-10(12-3)11-9(2)7-8-13-11/h7-8,10,12H,4-6H2,1-3H3. The van der Waals surface area contributed by atoms with Gasteiger partial charge in [0.15, 0.2) is 0 Å². The number of rotatable bonds is 5. The van der Waals surface area contributed by atoms with Crippen LogP contribution in [0.15, 0.2) is 11.4 Å². The maximum atomic E-state index is 3.39. The lowest BCUT2D eigenvalue weighted by Gasteiger charge is -2.15. The minimum Gasteiger partial charge on any atom is -0.312 e. The van der Waals surface area contributed by atoms with E-state index in [9.17, 15) is 0 Å². The Morgan fingerprint density at radius 2 is 2.31 bits per heavy atom. The molecule has 0 saturated heterocycles. The summed E-state index contributed by atoms with van der Waals surface area (Å²) in [5, 5.41) is 5.57. The molecule has 1 aromatic rings. The first-order valence-corrected chi connectivity index (χ1v) is 5.88. The zero-order chi connectivity index (χ0) is 9.68. The van der Waals surface area contributed by atoms with Crippen LogP contribution in [0.3, 0.4) is 0 Å². The Kier molecular flexibility index (Phi) is 4.46. The van der Waals surface area contributed by atoms with Gasteiger partial charge >= 0.3 is 0 Å². The summed E-state index contributed by atoms with van der Waals surface area (Å²) in [5.41, 5.74) is 1.43. The molecule has 1 aromatic heterocycles. The highest BCUT2D eigenvalue weighted by Crippen LogP contribution is 2.27. The van der Waals surface area contributed by atoms with Gasteiger partial charge in [0.05, 0.1) is 0 Å². The average Bonchev–Trinajstić information content (AvgIpc) is 2.54. The Morgan fingerprint density at radius 1 is 1.54 bits per heavy atom. The molecule has 0 spiro atoms. The third-order valence-electron chi connectivity index (χ3n) is 2.41. The van der Waals surface area contributed by atoms with Gasteiger partial charge in [-0.1, -0.05) is 19.8 Å². The van der Waals surface area contributed by atoms with Crippen LogP contribution in [0.4, 0.5) is 0 Å². The maximum absolute atomic E-state index is 3.39.